The Morgan fingerprint density at radius 3 is 2.12 bits per heavy atom. The van der Waals surface area contributed by atoms with Crippen molar-refractivity contribution in [2.24, 2.45) is 0 Å². The van der Waals surface area contributed by atoms with Crippen LogP contribution in [-0.4, -0.2) is 63.1 Å². The number of nitrogens with one attached hydrogen (secondary N) is 2. The number of rotatable bonds is 11. The summed E-state index contributed by atoms with van der Waals surface area (Å²) >= 11 is 0. The zero-order chi connectivity index (χ0) is 25.1. The minimum Gasteiger partial charge on any atom is -0.497 e. The molecule has 34 heavy (non-hydrogen) atoms. The molecule has 2 aromatic carbocycles. The molecule has 0 atom stereocenters. The van der Waals surface area contributed by atoms with Gasteiger partial charge in [0.2, 0.25) is 11.8 Å². The van der Waals surface area contributed by atoms with Crippen LogP contribution >= 0.6 is 0 Å². The summed E-state index contributed by atoms with van der Waals surface area (Å²) in [6.45, 7) is 6.80. The number of benzene rings is 2. The van der Waals surface area contributed by atoms with Gasteiger partial charge in [0.05, 0.1) is 20.2 Å². The van der Waals surface area contributed by atoms with Crippen LogP contribution in [0.3, 0.4) is 0 Å². The van der Waals surface area contributed by atoms with Crippen molar-refractivity contribution in [2.75, 3.05) is 45.8 Å². The molecule has 0 saturated carbocycles. The molecule has 0 spiro atoms. The maximum Gasteiger partial charge on any atom is 0.254 e. The first-order valence-electron chi connectivity index (χ1n) is 11.2. The summed E-state index contributed by atoms with van der Waals surface area (Å²) in [5.74, 6) is -0.345. The summed E-state index contributed by atoms with van der Waals surface area (Å²) in [5, 5.41) is 5.28. The van der Waals surface area contributed by atoms with Gasteiger partial charge in [0.25, 0.3) is 5.91 Å². The highest BCUT2D eigenvalue weighted by Crippen LogP contribution is 2.22. The maximum absolute atomic E-state index is 13.1. The number of carbonyl (C=O) groups excluding carboxylic acids is 3. The lowest BCUT2D eigenvalue weighted by Gasteiger charge is -2.23. The molecular weight excluding hydrogens is 434 g/mol. The third-order valence-electron chi connectivity index (χ3n) is 5.22. The summed E-state index contributed by atoms with van der Waals surface area (Å²) in [6, 6.07) is 14.3. The van der Waals surface area contributed by atoms with Crippen molar-refractivity contribution in [3.8, 4) is 5.75 Å². The van der Waals surface area contributed by atoms with Crippen molar-refractivity contribution in [3.63, 3.8) is 0 Å². The SMILES string of the molecule is COCCCN(CC(=O)NCC(=O)Nc1ccc(OC)cc1)C(=O)c1ccc(C(C)(C)C)cc1. The van der Waals surface area contributed by atoms with E-state index < -0.39 is 5.91 Å². The Morgan fingerprint density at radius 2 is 1.56 bits per heavy atom. The second kappa shape index (κ2) is 12.7. The smallest absolute Gasteiger partial charge is 0.254 e. The van der Waals surface area contributed by atoms with Gasteiger partial charge in [-0.2, -0.15) is 0 Å². The molecule has 2 aromatic rings. The van der Waals surface area contributed by atoms with Crippen molar-refractivity contribution in [3.05, 3.63) is 59.7 Å². The second-order valence-electron chi connectivity index (χ2n) is 8.95. The van der Waals surface area contributed by atoms with E-state index in [1.165, 1.54) is 4.90 Å². The normalized spacial score (nSPS) is 11.0. The van der Waals surface area contributed by atoms with E-state index in [0.717, 1.165) is 5.56 Å². The highest BCUT2D eigenvalue weighted by molar-refractivity contribution is 5.98. The fraction of sp³-hybridized carbons (Fsp3) is 0.423. The van der Waals surface area contributed by atoms with Crippen LogP contribution in [0.2, 0.25) is 0 Å². The Morgan fingerprint density at radius 1 is 0.912 bits per heavy atom. The van der Waals surface area contributed by atoms with Crippen LogP contribution in [0.4, 0.5) is 5.69 Å². The number of anilines is 1. The molecule has 0 aliphatic carbocycles. The van der Waals surface area contributed by atoms with Crippen molar-refractivity contribution < 1.29 is 23.9 Å². The van der Waals surface area contributed by atoms with E-state index in [1.54, 1.807) is 50.6 Å². The number of nitrogens with zero attached hydrogens (tertiary/aromatic N) is 1. The van der Waals surface area contributed by atoms with Gasteiger partial charge in [-0.3, -0.25) is 14.4 Å². The standard InChI is InChI=1S/C26H35N3O5/c1-26(2,3)20-9-7-19(8-10-20)25(32)29(15-6-16-33-4)18-24(31)27-17-23(30)28-21-11-13-22(34-5)14-12-21/h7-14H,6,15-18H2,1-5H3,(H,27,31)(H,28,30). The molecule has 0 radical (unpaired) electrons. The van der Waals surface area contributed by atoms with E-state index in [9.17, 15) is 14.4 Å². The first kappa shape index (κ1) is 26.9. The van der Waals surface area contributed by atoms with Crippen molar-refractivity contribution in [1.29, 1.82) is 0 Å². The van der Waals surface area contributed by atoms with Gasteiger partial charge in [-0.15, -0.1) is 0 Å². The Kier molecular flexibility index (Phi) is 10.1. The summed E-state index contributed by atoms with van der Waals surface area (Å²) in [4.78, 5) is 39.3. The molecule has 0 aliphatic rings. The monoisotopic (exact) mass is 469 g/mol. The lowest BCUT2D eigenvalue weighted by molar-refractivity contribution is -0.124. The molecule has 0 aliphatic heterocycles. The van der Waals surface area contributed by atoms with E-state index in [0.29, 0.717) is 36.6 Å². The molecule has 2 N–H and O–H groups in total. The molecule has 0 aromatic heterocycles. The van der Waals surface area contributed by atoms with E-state index in [-0.39, 0.29) is 30.3 Å². The Labute approximate surface area is 201 Å². The number of amides is 3. The van der Waals surface area contributed by atoms with Crippen LogP contribution in [0.5, 0.6) is 5.75 Å². The third-order valence-corrected chi connectivity index (χ3v) is 5.22. The van der Waals surface area contributed by atoms with E-state index in [1.807, 2.05) is 12.1 Å². The molecule has 0 bridgehead atoms. The fourth-order valence-electron chi connectivity index (χ4n) is 3.24. The van der Waals surface area contributed by atoms with Crippen molar-refractivity contribution >= 4 is 23.4 Å². The average molecular weight is 470 g/mol. The third kappa shape index (κ3) is 8.51. The molecule has 8 nitrogen and oxygen atoms in total. The van der Waals surface area contributed by atoms with Crippen LogP contribution in [-0.2, 0) is 19.7 Å². The predicted octanol–water partition coefficient (Wildman–Crippen LogP) is 3.23. The molecule has 2 rings (SSSR count). The molecule has 0 heterocycles. The average Bonchev–Trinajstić information content (AvgIpc) is 2.82. The Hall–Kier alpha value is -3.39. The highest BCUT2D eigenvalue weighted by atomic mass is 16.5. The van der Waals surface area contributed by atoms with Gasteiger partial charge in [0.15, 0.2) is 0 Å². The van der Waals surface area contributed by atoms with Crippen LogP contribution in [0, 0.1) is 0 Å². The number of ether oxygens (including phenoxy) is 2. The number of hydrogen-bond acceptors (Lipinski definition) is 5. The van der Waals surface area contributed by atoms with Crippen molar-refractivity contribution in [2.45, 2.75) is 32.6 Å². The van der Waals surface area contributed by atoms with Crippen LogP contribution in [0.15, 0.2) is 48.5 Å². The molecule has 0 unspecified atom stereocenters. The number of methoxy groups -OCH3 is 2. The first-order valence-corrected chi connectivity index (χ1v) is 11.2. The van der Waals surface area contributed by atoms with Gasteiger partial charge in [-0.1, -0.05) is 32.9 Å². The van der Waals surface area contributed by atoms with Gasteiger partial charge >= 0.3 is 0 Å². The molecule has 0 saturated heterocycles. The van der Waals surface area contributed by atoms with Crippen LogP contribution in [0.25, 0.3) is 0 Å². The van der Waals surface area contributed by atoms with Gasteiger partial charge in [0.1, 0.15) is 5.75 Å². The van der Waals surface area contributed by atoms with E-state index in [2.05, 4.69) is 31.4 Å². The molecule has 0 fully saturated rings. The van der Waals surface area contributed by atoms with Gasteiger partial charge in [0, 0.05) is 31.5 Å². The zero-order valence-electron chi connectivity index (χ0n) is 20.6. The minimum atomic E-state index is -0.415. The number of carbonyl (C=O) groups is 3. The molecular formula is C26H35N3O5. The summed E-state index contributed by atoms with van der Waals surface area (Å²) < 4.78 is 10.2. The largest absolute Gasteiger partial charge is 0.497 e. The lowest BCUT2D eigenvalue weighted by Crippen LogP contribution is -2.43. The summed E-state index contributed by atoms with van der Waals surface area (Å²) in [5.41, 5.74) is 2.20. The van der Waals surface area contributed by atoms with Crippen LogP contribution in [0.1, 0.15) is 43.1 Å². The number of hydrogen-bond donors (Lipinski definition) is 2. The van der Waals surface area contributed by atoms with E-state index >= 15 is 0 Å². The maximum atomic E-state index is 13.1. The Bertz CT molecular complexity index is 950. The van der Waals surface area contributed by atoms with E-state index in [4.69, 9.17) is 9.47 Å². The minimum absolute atomic E-state index is 0.0218. The lowest BCUT2D eigenvalue weighted by atomic mass is 9.86. The summed E-state index contributed by atoms with van der Waals surface area (Å²) in [6.07, 6.45) is 0.591. The zero-order valence-corrected chi connectivity index (χ0v) is 20.6. The second-order valence-corrected chi connectivity index (χ2v) is 8.95. The van der Waals surface area contributed by atoms with Crippen LogP contribution < -0.4 is 15.4 Å². The van der Waals surface area contributed by atoms with Gasteiger partial charge < -0.3 is 25.0 Å². The fourth-order valence-corrected chi connectivity index (χ4v) is 3.24. The van der Waals surface area contributed by atoms with Gasteiger partial charge in [-0.05, 0) is 53.8 Å². The van der Waals surface area contributed by atoms with Crippen molar-refractivity contribution in [1.82, 2.24) is 10.2 Å². The quantitative estimate of drug-likeness (QED) is 0.493. The highest BCUT2D eigenvalue weighted by Gasteiger charge is 2.20. The summed E-state index contributed by atoms with van der Waals surface area (Å²) in [7, 11) is 3.15. The van der Waals surface area contributed by atoms with Gasteiger partial charge in [-0.25, -0.2) is 0 Å². The molecule has 8 heteroatoms. The molecule has 3 amide bonds. The predicted molar refractivity (Wildman–Crippen MR) is 132 cm³/mol. The first-order chi connectivity index (χ1) is 16.1. The topological polar surface area (TPSA) is 97.0 Å². The Balaban J connectivity index is 1.95. The molecule has 184 valence electrons.